The van der Waals surface area contributed by atoms with Gasteiger partial charge in [0.25, 0.3) is 5.91 Å². The van der Waals surface area contributed by atoms with Crippen LogP contribution >= 0.6 is 11.6 Å². The Bertz CT molecular complexity index is 628. The van der Waals surface area contributed by atoms with Crippen molar-refractivity contribution < 1.29 is 14.3 Å². The Morgan fingerprint density at radius 2 is 1.90 bits per heavy atom. The zero-order chi connectivity index (χ0) is 14.5. The zero-order valence-electron chi connectivity index (χ0n) is 11.1. The summed E-state index contributed by atoms with van der Waals surface area (Å²) in [6.07, 6.45) is 0. The fraction of sp³-hybridized carbons (Fsp3) is 0.133. The van der Waals surface area contributed by atoms with E-state index in [4.69, 9.17) is 21.1 Å². The van der Waals surface area contributed by atoms with Crippen LogP contribution in [0.5, 0.6) is 11.5 Å². The number of nitrogens with one attached hydrogen (secondary N) is 1. The molecule has 4 nitrogen and oxygen atoms in total. The molecule has 2 aromatic carbocycles. The Kier molecular flexibility index (Phi) is 4.48. The van der Waals surface area contributed by atoms with Crippen LogP contribution in [0.1, 0.15) is 10.4 Å². The Balaban J connectivity index is 2.25. The van der Waals surface area contributed by atoms with Crippen LogP contribution < -0.4 is 14.8 Å². The van der Waals surface area contributed by atoms with Crippen molar-refractivity contribution in [1.29, 1.82) is 0 Å². The highest BCUT2D eigenvalue weighted by Crippen LogP contribution is 2.25. The van der Waals surface area contributed by atoms with Crippen LogP contribution in [0.4, 0.5) is 5.69 Å². The van der Waals surface area contributed by atoms with Gasteiger partial charge in [0.15, 0.2) is 0 Å². The highest BCUT2D eigenvalue weighted by molar-refractivity contribution is 6.31. The molecule has 1 N–H and O–H groups in total. The maximum atomic E-state index is 12.2. The quantitative estimate of drug-likeness (QED) is 0.936. The second kappa shape index (κ2) is 6.30. The Labute approximate surface area is 122 Å². The number of ether oxygens (including phenoxy) is 2. The second-order valence-electron chi connectivity index (χ2n) is 4.03. The van der Waals surface area contributed by atoms with Crippen molar-refractivity contribution in [2.45, 2.75) is 0 Å². The lowest BCUT2D eigenvalue weighted by Crippen LogP contribution is -2.13. The molecule has 0 bridgehead atoms. The van der Waals surface area contributed by atoms with E-state index in [1.165, 1.54) is 7.11 Å². The Morgan fingerprint density at radius 3 is 2.55 bits per heavy atom. The molecule has 0 heterocycles. The minimum absolute atomic E-state index is 0.272. The van der Waals surface area contributed by atoms with Gasteiger partial charge in [-0.25, -0.2) is 0 Å². The molecule has 0 radical (unpaired) electrons. The monoisotopic (exact) mass is 291 g/mol. The van der Waals surface area contributed by atoms with Gasteiger partial charge in [0.2, 0.25) is 0 Å². The highest BCUT2D eigenvalue weighted by atomic mass is 35.5. The highest BCUT2D eigenvalue weighted by Gasteiger charge is 2.13. The third-order valence-electron chi connectivity index (χ3n) is 2.74. The minimum atomic E-state index is -0.272. The molecule has 20 heavy (non-hydrogen) atoms. The van der Waals surface area contributed by atoms with Gasteiger partial charge < -0.3 is 14.8 Å². The largest absolute Gasteiger partial charge is 0.497 e. The molecule has 0 aromatic heterocycles. The van der Waals surface area contributed by atoms with E-state index in [2.05, 4.69) is 5.32 Å². The van der Waals surface area contributed by atoms with Crippen molar-refractivity contribution >= 4 is 23.2 Å². The van der Waals surface area contributed by atoms with E-state index in [0.717, 1.165) is 0 Å². The molecule has 0 saturated carbocycles. The first-order valence-corrected chi connectivity index (χ1v) is 6.31. The molecule has 0 unspecified atom stereocenters. The van der Waals surface area contributed by atoms with Crippen LogP contribution in [0, 0.1) is 0 Å². The van der Waals surface area contributed by atoms with Gasteiger partial charge in [-0.05, 0) is 30.3 Å². The van der Waals surface area contributed by atoms with Gasteiger partial charge in [0.05, 0.1) is 19.8 Å². The number of carbonyl (C=O) groups excluding carboxylic acids is 1. The van der Waals surface area contributed by atoms with Crippen molar-refractivity contribution in [2.24, 2.45) is 0 Å². The van der Waals surface area contributed by atoms with Crippen LogP contribution in [-0.4, -0.2) is 20.1 Å². The number of hydrogen-bond acceptors (Lipinski definition) is 3. The summed E-state index contributed by atoms with van der Waals surface area (Å²) in [5.74, 6) is 0.803. The lowest BCUT2D eigenvalue weighted by molar-refractivity contribution is 0.102. The predicted octanol–water partition coefficient (Wildman–Crippen LogP) is 3.61. The van der Waals surface area contributed by atoms with E-state index < -0.39 is 0 Å². The van der Waals surface area contributed by atoms with Gasteiger partial charge in [-0.2, -0.15) is 0 Å². The van der Waals surface area contributed by atoms with Crippen molar-refractivity contribution in [2.75, 3.05) is 19.5 Å². The number of anilines is 1. The van der Waals surface area contributed by atoms with E-state index in [-0.39, 0.29) is 5.91 Å². The van der Waals surface area contributed by atoms with Crippen molar-refractivity contribution in [3.05, 3.63) is 53.1 Å². The number of hydrogen-bond donors (Lipinski definition) is 1. The minimum Gasteiger partial charge on any atom is -0.497 e. The molecule has 1 amide bonds. The normalized spacial score (nSPS) is 9.95. The number of carbonyl (C=O) groups is 1. The van der Waals surface area contributed by atoms with Crippen LogP contribution in [0.2, 0.25) is 5.02 Å². The molecule has 0 atom stereocenters. The molecule has 2 aromatic rings. The van der Waals surface area contributed by atoms with Crippen molar-refractivity contribution in [1.82, 2.24) is 0 Å². The summed E-state index contributed by atoms with van der Waals surface area (Å²) in [4.78, 5) is 12.2. The van der Waals surface area contributed by atoms with Gasteiger partial charge in [0.1, 0.15) is 11.5 Å². The first kappa shape index (κ1) is 14.2. The number of benzene rings is 2. The molecule has 0 fully saturated rings. The number of amides is 1. The van der Waals surface area contributed by atoms with E-state index >= 15 is 0 Å². The Hall–Kier alpha value is -2.20. The average Bonchev–Trinajstić information content (AvgIpc) is 2.46. The molecule has 0 saturated heterocycles. The summed E-state index contributed by atoms with van der Waals surface area (Å²) < 4.78 is 10.3. The summed E-state index contributed by atoms with van der Waals surface area (Å²) in [5.41, 5.74) is 1.05. The van der Waals surface area contributed by atoms with E-state index in [0.29, 0.717) is 27.8 Å². The van der Waals surface area contributed by atoms with Crippen LogP contribution in [-0.2, 0) is 0 Å². The summed E-state index contributed by atoms with van der Waals surface area (Å²) in [5, 5.41) is 3.33. The topological polar surface area (TPSA) is 47.6 Å². The zero-order valence-corrected chi connectivity index (χ0v) is 11.9. The number of halogens is 1. The molecular weight excluding hydrogens is 278 g/mol. The van der Waals surface area contributed by atoms with Gasteiger partial charge in [-0.1, -0.05) is 17.7 Å². The van der Waals surface area contributed by atoms with E-state index in [9.17, 15) is 4.79 Å². The summed E-state index contributed by atoms with van der Waals surface area (Å²) >= 11 is 5.88. The van der Waals surface area contributed by atoms with Crippen LogP contribution in [0.25, 0.3) is 0 Å². The van der Waals surface area contributed by atoms with Crippen molar-refractivity contribution in [3.8, 4) is 11.5 Å². The number of rotatable bonds is 4. The van der Waals surface area contributed by atoms with E-state index in [1.807, 2.05) is 0 Å². The average molecular weight is 292 g/mol. The summed E-state index contributed by atoms with van der Waals surface area (Å²) in [6, 6.07) is 12.0. The van der Waals surface area contributed by atoms with Gasteiger partial charge in [0, 0.05) is 16.8 Å². The van der Waals surface area contributed by atoms with Gasteiger partial charge in [-0.15, -0.1) is 0 Å². The summed E-state index contributed by atoms with van der Waals surface area (Å²) in [6.45, 7) is 0. The first-order chi connectivity index (χ1) is 9.63. The molecule has 5 heteroatoms. The molecule has 0 aliphatic rings. The van der Waals surface area contributed by atoms with E-state index in [1.54, 1.807) is 49.6 Å². The SMILES string of the molecule is COc1ccc(C(=O)Nc2cccc(Cl)c2)c(OC)c1. The molecule has 0 spiro atoms. The lowest BCUT2D eigenvalue weighted by atomic mass is 10.1. The van der Waals surface area contributed by atoms with Gasteiger partial charge in [-0.3, -0.25) is 4.79 Å². The third kappa shape index (κ3) is 3.22. The molecule has 0 aliphatic carbocycles. The Morgan fingerprint density at radius 1 is 1.10 bits per heavy atom. The van der Waals surface area contributed by atoms with Crippen LogP contribution in [0.3, 0.4) is 0 Å². The molecule has 104 valence electrons. The van der Waals surface area contributed by atoms with Crippen molar-refractivity contribution in [3.63, 3.8) is 0 Å². The fourth-order valence-corrected chi connectivity index (χ4v) is 1.94. The maximum absolute atomic E-state index is 12.2. The molecule has 2 rings (SSSR count). The molecular formula is C15H14ClNO3. The fourth-order valence-electron chi connectivity index (χ4n) is 1.75. The third-order valence-corrected chi connectivity index (χ3v) is 2.97. The number of methoxy groups -OCH3 is 2. The second-order valence-corrected chi connectivity index (χ2v) is 4.47. The predicted molar refractivity (Wildman–Crippen MR) is 79.0 cm³/mol. The van der Waals surface area contributed by atoms with Gasteiger partial charge >= 0.3 is 0 Å². The maximum Gasteiger partial charge on any atom is 0.259 e. The molecule has 0 aliphatic heterocycles. The standard InChI is InChI=1S/C15H14ClNO3/c1-19-12-6-7-13(14(9-12)20-2)15(18)17-11-5-3-4-10(16)8-11/h3-9H,1-2H3,(H,17,18). The first-order valence-electron chi connectivity index (χ1n) is 5.93. The smallest absolute Gasteiger partial charge is 0.259 e. The lowest BCUT2D eigenvalue weighted by Gasteiger charge is -2.11. The van der Waals surface area contributed by atoms with Crippen LogP contribution in [0.15, 0.2) is 42.5 Å². The summed E-state index contributed by atoms with van der Waals surface area (Å²) in [7, 11) is 3.06.